The van der Waals surface area contributed by atoms with Crippen LogP contribution in [0.4, 0.5) is 11.4 Å². The Hall–Kier alpha value is -3.33. The smallest absolute Gasteiger partial charge is 0.262 e. The van der Waals surface area contributed by atoms with E-state index in [1.807, 2.05) is 48.5 Å². The lowest BCUT2D eigenvalue weighted by Gasteiger charge is -2.25. The number of amides is 1. The summed E-state index contributed by atoms with van der Waals surface area (Å²) in [6.45, 7) is 0. The number of carbonyl (C=O) groups excluding carboxylic acids is 1. The third-order valence-electron chi connectivity index (χ3n) is 4.34. The van der Waals surface area contributed by atoms with Gasteiger partial charge in [-0.1, -0.05) is 48.6 Å². The molecule has 1 amide bonds. The van der Waals surface area contributed by atoms with Crippen LogP contribution in [0.1, 0.15) is 21.5 Å². The van der Waals surface area contributed by atoms with Gasteiger partial charge < -0.3 is 4.74 Å². The normalized spacial score (nSPS) is 12.1. The molecule has 1 heterocycles. The molecule has 0 atom stereocenters. The van der Waals surface area contributed by atoms with Gasteiger partial charge in [0.2, 0.25) is 0 Å². The van der Waals surface area contributed by atoms with E-state index in [-0.39, 0.29) is 5.91 Å². The van der Waals surface area contributed by atoms with Crippen LogP contribution >= 0.6 is 0 Å². The minimum absolute atomic E-state index is 0.0637. The molecule has 0 spiro atoms. The fourth-order valence-electron chi connectivity index (χ4n) is 3.06. The average molecular weight is 327 g/mol. The second-order valence-corrected chi connectivity index (χ2v) is 5.82. The van der Waals surface area contributed by atoms with Crippen molar-refractivity contribution in [2.75, 3.05) is 12.0 Å². The van der Waals surface area contributed by atoms with Crippen LogP contribution in [0.3, 0.4) is 0 Å². The van der Waals surface area contributed by atoms with Gasteiger partial charge in [-0.15, -0.1) is 0 Å². The van der Waals surface area contributed by atoms with Gasteiger partial charge in [0.15, 0.2) is 0 Å². The molecule has 25 heavy (non-hydrogen) atoms. The van der Waals surface area contributed by atoms with E-state index < -0.39 is 0 Å². The van der Waals surface area contributed by atoms with Crippen molar-refractivity contribution in [3.63, 3.8) is 0 Å². The molecule has 0 fully saturated rings. The minimum atomic E-state index is -0.0637. The molecule has 0 bridgehead atoms. The van der Waals surface area contributed by atoms with E-state index in [9.17, 15) is 4.79 Å². The Balaban J connectivity index is 1.87. The molecule has 0 N–H and O–H groups in total. The second kappa shape index (κ2) is 6.29. The van der Waals surface area contributed by atoms with Crippen LogP contribution in [-0.2, 0) is 0 Å². The maximum atomic E-state index is 13.3. The number of para-hydroxylation sites is 2. The largest absolute Gasteiger partial charge is 0.497 e. The SMILES string of the molecule is COc1ccc(C(=O)N2c3ccccc3C=Cc3ccccc32)cc1. The van der Waals surface area contributed by atoms with Crippen LogP contribution in [0.2, 0.25) is 0 Å². The molecule has 0 radical (unpaired) electrons. The Morgan fingerprint density at radius 1 is 0.760 bits per heavy atom. The van der Waals surface area contributed by atoms with E-state index in [1.165, 1.54) is 0 Å². The number of rotatable bonds is 2. The highest BCUT2D eigenvalue weighted by atomic mass is 16.5. The van der Waals surface area contributed by atoms with Gasteiger partial charge in [0.25, 0.3) is 5.91 Å². The van der Waals surface area contributed by atoms with Crippen LogP contribution in [0.25, 0.3) is 12.2 Å². The van der Waals surface area contributed by atoms with Gasteiger partial charge in [-0.25, -0.2) is 0 Å². The lowest BCUT2D eigenvalue weighted by atomic mass is 10.1. The summed E-state index contributed by atoms with van der Waals surface area (Å²) in [4.78, 5) is 15.1. The fraction of sp³-hybridized carbons (Fsp3) is 0.0455. The standard InChI is InChI=1S/C22H17NO2/c1-25-19-14-12-18(13-15-19)22(24)23-20-8-4-2-6-16(20)10-11-17-7-3-5-9-21(17)23/h2-15H,1H3. The van der Waals surface area contributed by atoms with Crippen molar-refractivity contribution in [1.29, 1.82) is 0 Å². The summed E-state index contributed by atoms with van der Waals surface area (Å²) in [6.07, 6.45) is 4.10. The molecule has 122 valence electrons. The highest BCUT2D eigenvalue weighted by Crippen LogP contribution is 2.37. The van der Waals surface area contributed by atoms with Crippen LogP contribution in [-0.4, -0.2) is 13.0 Å². The zero-order valence-corrected chi connectivity index (χ0v) is 13.8. The molecule has 3 aromatic rings. The predicted molar refractivity (Wildman–Crippen MR) is 101 cm³/mol. The topological polar surface area (TPSA) is 29.5 Å². The molecule has 0 aromatic heterocycles. The Kier molecular flexibility index (Phi) is 3.82. The first-order valence-corrected chi connectivity index (χ1v) is 8.12. The maximum absolute atomic E-state index is 13.3. The second-order valence-electron chi connectivity index (χ2n) is 5.82. The summed E-state index contributed by atoms with van der Waals surface area (Å²) < 4.78 is 5.19. The highest BCUT2D eigenvalue weighted by Gasteiger charge is 2.24. The molecule has 1 aliphatic rings. The first-order valence-electron chi connectivity index (χ1n) is 8.12. The summed E-state index contributed by atoms with van der Waals surface area (Å²) >= 11 is 0. The highest BCUT2D eigenvalue weighted by molar-refractivity contribution is 6.14. The van der Waals surface area contributed by atoms with Crippen molar-refractivity contribution >= 4 is 29.4 Å². The zero-order chi connectivity index (χ0) is 17.2. The number of ether oxygens (including phenoxy) is 1. The fourth-order valence-corrected chi connectivity index (χ4v) is 3.06. The number of fused-ring (bicyclic) bond motifs is 2. The van der Waals surface area contributed by atoms with Gasteiger partial charge in [-0.2, -0.15) is 0 Å². The van der Waals surface area contributed by atoms with E-state index in [1.54, 1.807) is 36.3 Å². The number of nitrogens with zero attached hydrogens (tertiary/aromatic N) is 1. The van der Waals surface area contributed by atoms with Crippen molar-refractivity contribution in [2.24, 2.45) is 0 Å². The lowest BCUT2D eigenvalue weighted by molar-refractivity contribution is 0.0999. The first kappa shape index (κ1) is 15.2. The number of hydrogen-bond donors (Lipinski definition) is 0. The summed E-state index contributed by atoms with van der Waals surface area (Å²) in [5.74, 6) is 0.668. The van der Waals surface area contributed by atoms with Crippen molar-refractivity contribution in [2.45, 2.75) is 0 Å². The Bertz CT molecular complexity index is 908. The van der Waals surface area contributed by atoms with Crippen LogP contribution in [0, 0.1) is 0 Å². The predicted octanol–water partition coefficient (Wildman–Crippen LogP) is 5.16. The third-order valence-corrected chi connectivity index (χ3v) is 4.34. The molecule has 3 aromatic carbocycles. The Morgan fingerprint density at radius 2 is 1.28 bits per heavy atom. The minimum Gasteiger partial charge on any atom is -0.497 e. The molecular formula is C22H17NO2. The number of anilines is 2. The monoisotopic (exact) mass is 327 g/mol. The molecule has 3 heteroatoms. The van der Waals surface area contributed by atoms with E-state index in [0.717, 1.165) is 28.3 Å². The zero-order valence-electron chi connectivity index (χ0n) is 13.8. The number of methoxy groups -OCH3 is 1. The van der Waals surface area contributed by atoms with Gasteiger partial charge in [0, 0.05) is 5.56 Å². The molecule has 0 saturated carbocycles. The molecule has 4 rings (SSSR count). The molecule has 0 unspecified atom stereocenters. The van der Waals surface area contributed by atoms with E-state index >= 15 is 0 Å². The quantitative estimate of drug-likeness (QED) is 0.651. The summed E-state index contributed by atoms with van der Waals surface area (Å²) in [5, 5.41) is 0. The number of hydrogen-bond acceptors (Lipinski definition) is 2. The molecule has 1 aliphatic heterocycles. The Labute approximate surface area is 146 Å². The maximum Gasteiger partial charge on any atom is 0.262 e. The number of carbonyl (C=O) groups is 1. The van der Waals surface area contributed by atoms with Gasteiger partial charge in [0.05, 0.1) is 18.5 Å². The van der Waals surface area contributed by atoms with E-state index in [0.29, 0.717) is 5.56 Å². The van der Waals surface area contributed by atoms with Crippen LogP contribution in [0.5, 0.6) is 5.75 Å². The van der Waals surface area contributed by atoms with Gasteiger partial charge >= 0.3 is 0 Å². The van der Waals surface area contributed by atoms with Crippen molar-refractivity contribution < 1.29 is 9.53 Å². The summed E-state index contributed by atoms with van der Waals surface area (Å²) in [6, 6.07) is 23.1. The van der Waals surface area contributed by atoms with Gasteiger partial charge in [-0.3, -0.25) is 9.69 Å². The summed E-state index contributed by atoms with van der Waals surface area (Å²) in [5.41, 5.74) is 4.41. The molecule has 0 aliphatic carbocycles. The van der Waals surface area contributed by atoms with E-state index in [2.05, 4.69) is 12.2 Å². The van der Waals surface area contributed by atoms with Crippen LogP contribution < -0.4 is 9.64 Å². The van der Waals surface area contributed by atoms with Crippen LogP contribution in [0.15, 0.2) is 72.8 Å². The third kappa shape index (κ3) is 2.70. The average Bonchev–Trinajstić information content (AvgIpc) is 2.84. The summed E-state index contributed by atoms with van der Waals surface area (Å²) in [7, 11) is 1.61. The Morgan fingerprint density at radius 3 is 1.80 bits per heavy atom. The van der Waals surface area contributed by atoms with Crippen molar-refractivity contribution in [1.82, 2.24) is 0 Å². The van der Waals surface area contributed by atoms with Gasteiger partial charge in [0.1, 0.15) is 5.75 Å². The molecule has 3 nitrogen and oxygen atoms in total. The van der Waals surface area contributed by atoms with Crippen molar-refractivity contribution in [3.05, 3.63) is 89.5 Å². The van der Waals surface area contributed by atoms with E-state index in [4.69, 9.17) is 4.74 Å². The number of benzene rings is 3. The molecular weight excluding hydrogens is 310 g/mol. The first-order chi connectivity index (χ1) is 12.3. The van der Waals surface area contributed by atoms with Crippen molar-refractivity contribution in [3.8, 4) is 5.75 Å². The molecule has 0 saturated heterocycles. The lowest BCUT2D eigenvalue weighted by Crippen LogP contribution is -2.26. The van der Waals surface area contributed by atoms with Gasteiger partial charge in [-0.05, 0) is 47.5 Å².